The van der Waals surface area contributed by atoms with Gasteiger partial charge in [-0.15, -0.1) is 11.3 Å². The molecule has 2 atom stereocenters. The highest BCUT2D eigenvalue weighted by Crippen LogP contribution is 2.27. The summed E-state index contributed by atoms with van der Waals surface area (Å²) >= 11 is 1.69. The van der Waals surface area contributed by atoms with E-state index in [1.165, 1.54) is 5.69 Å². The van der Waals surface area contributed by atoms with Crippen LogP contribution in [0.5, 0.6) is 0 Å². The Morgan fingerprint density at radius 2 is 2.39 bits per heavy atom. The topological polar surface area (TPSA) is 39.5 Å². The summed E-state index contributed by atoms with van der Waals surface area (Å²) in [5.74, 6) is 0. The van der Waals surface area contributed by atoms with E-state index in [1.807, 2.05) is 6.92 Å². The number of thiazole rings is 1. The Kier molecular flexibility index (Phi) is 5.48. The van der Waals surface area contributed by atoms with Gasteiger partial charge in [-0.25, -0.2) is 4.98 Å². The fourth-order valence-corrected chi connectivity index (χ4v) is 3.85. The van der Waals surface area contributed by atoms with Crippen molar-refractivity contribution >= 4 is 11.3 Å². The van der Waals surface area contributed by atoms with E-state index in [1.54, 1.807) is 11.3 Å². The monoisotopic (exact) mass is 335 g/mol. The molecule has 23 heavy (non-hydrogen) atoms. The van der Waals surface area contributed by atoms with Crippen LogP contribution in [0.25, 0.3) is 0 Å². The Hall–Kier alpha value is -1.21. The van der Waals surface area contributed by atoms with Crippen LogP contribution in [0.2, 0.25) is 0 Å². The van der Waals surface area contributed by atoms with Gasteiger partial charge < -0.3 is 14.0 Å². The molecule has 5 nitrogen and oxygen atoms in total. The van der Waals surface area contributed by atoms with Gasteiger partial charge in [0.15, 0.2) is 0 Å². The van der Waals surface area contributed by atoms with E-state index in [-0.39, 0.29) is 6.10 Å². The van der Waals surface area contributed by atoms with Gasteiger partial charge in [0.2, 0.25) is 0 Å². The van der Waals surface area contributed by atoms with Crippen LogP contribution >= 0.6 is 11.3 Å². The average Bonchev–Trinajstić information content (AvgIpc) is 3.17. The Labute approximate surface area is 141 Å². The first kappa shape index (κ1) is 16.6. The van der Waals surface area contributed by atoms with Crippen LogP contribution in [-0.4, -0.2) is 40.8 Å². The van der Waals surface area contributed by atoms with E-state index in [9.17, 15) is 0 Å². The first-order chi connectivity index (χ1) is 11.2. The van der Waals surface area contributed by atoms with Gasteiger partial charge in [-0.2, -0.15) is 0 Å². The largest absolute Gasteiger partial charge is 0.378 e. The van der Waals surface area contributed by atoms with Crippen molar-refractivity contribution in [2.24, 2.45) is 7.05 Å². The zero-order chi connectivity index (χ0) is 16.2. The van der Waals surface area contributed by atoms with Crippen molar-refractivity contribution in [1.29, 1.82) is 0 Å². The summed E-state index contributed by atoms with van der Waals surface area (Å²) in [6.45, 7) is 8.11. The molecule has 0 radical (unpaired) electrons. The average molecular weight is 335 g/mol. The van der Waals surface area contributed by atoms with Crippen molar-refractivity contribution in [3.05, 3.63) is 40.1 Å². The summed E-state index contributed by atoms with van der Waals surface area (Å²) in [6, 6.07) is 4.56. The van der Waals surface area contributed by atoms with Crippen molar-refractivity contribution in [3.8, 4) is 0 Å². The van der Waals surface area contributed by atoms with Crippen molar-refractivity contribution in [3.63, 3.8) is 0 Å². The predicted molar refractivity (Wildman–Crippen MR) is 91.5 cm³/mol. The SMILES string of the molecule is CCOC(C)c1nc(CN2CCOCC2c2cccn2C)cs1. The molecule has 0 saturated carbocycles. The molecule has 2 aromatic heterocycles. The van der Waals surface area contributed by atoms with E-state index in [0.717, 1.165) is 43.6 Å². The maximum Gasteiger partial charge on any atom is 0.122 e. The van der Waals surface area contributed by atoms with Crippen molar-refractivity contribution in [2.75, 3.05) is 26.4 Å². The van der Waals surface area contributed by atoms with Crippen LogP contribution in [0.15, 0.2) is 23.7 Å². The van der Waals surface area contributed by atoms with Crippen LogP contribution in [0.4, 0.5) is 0 Å². The lowest BCUT2D eigenvalue weighted by atomic mass is 10.1. The highest BCUT2D eigenvalue weighted by Gasteiger charge is 2.27. The zero-order valence-corrected chi connectivity index (χ0v) is 14.9. The van der Waals surface area contributed by atoms with Crippen LogP contribution < -0.4 is 0 Å². The molecule has 1 saturated heterocycles. The van der Waals surface area contributed by atoms with Crippen molar-refractivity contribution < 1.29 is 9.47 Å². The zero-order valence-electron chi connectivity index (χ0n) is 14.1. The number of rotatable bonds is 6. The second-order valence-electron chi connectivity index (χ2n) is 5.88. The van der Waals surface area contributed by atoms with Gasteiger partial charge in [0, 0.05) is 44.0 Å². The molecule has 0 amide bonds. The maximum absolute atomic E-state index is 5.71. The van der Waals surface area contributed by atoms with E-state index in [2.05, 4.69) is 47.1 Å². The van der Waals surface area contributed by atoms with Gasteiger partial charge >= 0.3 is 0 Å². The van der Waals surface area contributed by atoms with Crippen LogP contribution in [0.3, 0.4) is 0 Å². The van der Waals surface area contributed by atoms with Crippen LogP contribution in [0, 0.1) is 0 Å². The predicted octanol–water partition coefficient (Wildman–Crippen LogP) is 3.15. The normalized spacial score (nSPS) is 20.7. The first-order valence-electron chi connectivity index (χ1n) is 8.18. The minimum Gasteiger partial charge on any atom is -0.378 e. The summed E-state index contributed by atoms with van der Waals surface area (Å²) in [7, 11) is 2.09. The molecule has 0 N–H and O–H groups in total. The Bertz CT molecular complexity index is 625. The second kappa shape index (κ2) is 7.57. The highest BCUT2D eigenvalue weighted by atomic mass is 32.1. The quantitative estimate of drug-likeness (QED) is 0.813. The summed E-state index contributed by atoms with van der Waals surface area (Å²) < 4.78 is 13.5. The lowest BCUT2D eigenvalue weighted by Gasteiger charge is -2.35. The molecule has 1 aliphatic heterocycles. The fourth-order valence-electron chi connectivity index (χ4n) is 3.03. The fraction of sp³-hybridized carbons (Fsp3) is 0.588. The third-order valence-electron chi connectivity index (χ3n) is 4.26. The summed E-state index contributed by atoms with van der Waals surface area (Å²) in [5.41, 5.74) is 2.42. The maximum atomic E-state index is 5.71. The molecule has 0 spiro atoms. The number of ether oxygens (including phenoxy) is 2. The number of morpholine rings is 1. The number of hydrogen-bond acceptors (Lipinski definition) is 5. The smallest absolute Gasteiger partial charge is 0.122 e. The summed E-state index contributed by atoms with van der Waals surface area (Å²) in [5, 5.41) is 3.22. The van der Waals surface area contributed by atoms with Crippen LogP contribution in [0.1, 0.15) is 42.4 Å². The Morgan fingerprint density at radius 3 is 3.13 bits per heavy atom. The molecule has 3 rings (SSSR count). The van der Waals surface area contributed by atoms with Gasteiger partial charge in [-0.3, -0.25) is 4.90 Å². The number of aromatic nitrogens is 2. The molecule has 0 bridgehead atoms. The van der Waals surface area contributed by atoms with Gasteiger partial charge in [0.1, 0.15) is 11.1 Å². The minimum atomic E-state index is 0.0760. The molecular weight excluding hydrogens is 310 g/mol. The molecule has 126 valence electrons. The molecule has 1 aliphatic rings. The van der Waals surface area contributed by atoms with E-state index in [4.69, 9.17) is 14.5 Å². The molecule has 6 heteroatoms. The second-order valence-corrected chi connectivity index (χ2v) is 6.77. The van der Waals surface area contributed by atoms with Crippen LogP contribution in [-0.2, 0) is 23.1 Å². The number of aryl methyl sites for hydroxylation is 1. The summed E-state index contributed by atoms with van der Waals surface area (Å²) in [4.78, 5) is 7.23. The number of nitrogens with zero attached hydrogens (tertiary/aromatic N) is 3. The van der Waals surface area contributed by atoms with Gasteiger partial charge in [-0.05, 0) is 26.0 Å². The van der Waals surface area contributed by atoms with Gasteiger partial charge in [0.05, 0.1) is 24.9 Å². The molecule has 3 heterocycles. The molecular formula is C17H25N3O2S. The molecule has 0 aliphatic carbocycles. The van der Waals surface area contributed by atoms with Crippen molar-refractivity contribution in [2.45, 2.75) is 32.5 Å². The van der Waals surface area contributed by atoms with Gasteiger partial charge in [-0.1, -0.05) is 0 Å². The van der Waals surface area contributed by atoms with E-state index >= 15 is 0 Å². The van der Waals surface area contributed by atoms with E-state index in [0.29, 0.717) is 6.04 Å². The molecule has 0 aromatic carbocycles. The van der Waals surface area contributed by atoms with Gasteiger partial charge in [0.25, 0.3) is 0 Å². The number of hydrogen-bond donors (Lipinski definition) is 0. The Balaban J connectivity index is 1.71. The Morgan fingerprint density at radius 1 is 1.52 bits per heavy atom. The first-order valence-corrected chi connectivity index (χ1v) is 9.06. The standard InChI is InChI=1S/C17H25N3O2S/c1-4-22-13(2)17-18-14(12-23-17)10-20-8-9-21-11-16(20)15-6-5-7-19(15)3/h5-7,12-13,16H,4,8-11H2,1-3H3. The van der Waals surface area contributed by atoms with Crippen molar-refractivity contribution in [1.82, 2.24) is 14.5 Å². The molecule has 2 aromatic rings. The minimum absolute atomic E-state index is 0.0760. The highest BCUT2D eigenvalue weighted by molar-refractivity contribution is 7.09. The third kappa shape index (κ3) is 3.83. The summed E-state index contributed by atoms with van der Waals surface area (Å²) in [6.07, 6.45) is 2.17. The van der Waals surface area contributed by atoms with E-state index < -0.39 is 0 Å². The lowest BCUT2D eigenvalue weighted by Crippen LogP contribution is -2.39. The molecule has 2 unspecified atom stereocenters. The lowest BCUT2D eigenvalue weighted by molar-refractivity contribution is -0.0157. The molecule has 1 fully saturated rings. The third-order valence-corrected chi connectivity index (χ3v) is 5.32.